The number of nitrogens with zero attached hydrogens (tertiary/aromatic N) is 4. The summed E-state index contributed by atoms with van der Waals surface area (Å²) in [6.07, 6.45) is 0. The third-order valence-corrected chi connectivity index (χ3v) is 23.9. The van der Waals surface area contributed by atoms with E-state index < -0.39 is 0 Å². The van der Waals surface area contributed by atoms with Crippen LogP contribution in [0.25, 0.3) is 194 Å². The maximum atomic E-state index is 5.82. The number of aromatic nitrogens is 4. The second kappa shape index (κ2) is 22.2. The van der Waals surface area contributed by atoms with Gasteiger partial charge in [-0.3, -0.25) is 0 Å². The maximum absolute atomic E-state index is 5.82. The van der Waals surface area contributed by atoms with E-state index in [1.807, 2.05) is 34.0 Å². The van der Waals surface area contributed by atoms with Crippen molar-refractivity contribution in [1.82, 2.24) is 19.9 Å². The Morgan fingerprint density at radius 2 is 0.694 bits per heavy atom. The largest absolute Gasteiger partial charge is 0.228 e. The van der Waals surface area contributed by atoms with Crippen molar-refractivity contribution in [3.05, 3.63) is 314 Å². The van der Waals surface area contributed by atoms with Crippen molar-refractivity contribution in [2.45, 2.75) is 19.3 Å². The first-order chi connectivity index (χ1) is 48.3. The molecular formula is C91H56N4S3. The molecule has 5 heterocycles. The molecule has 0 spiro atoms. The molecule has 0 fully saturated rings. The molecule has 0 saturated heterocycles. The van der Waals surface area contributed by atoms with E-state index in [2.05, 4.69) is 317 Å². The average Bonchev–Trinajstić information content (AvgIpc) is 1.55. The molecule has 0 saturated carbocycles. The maximum Gasteiger partial charge on any atom is 0.160 e. The molecule has 7 heteroatoms. The van der Waals surface area contributed by atoms with E-state index in [4.69, 9.17) is 19.9 Å². The summed E-state index contributed by atoms with van der Waals surface area (Å²) in [5.74, 6) is 1.38. The highest BCUT2D eigenvalue weighted by Crippen LogP contribution is 2.54. The zero-order chi connectivity index (χ0) is 64.7. The molecular weight excluding hydrogens is 1250 g/mol. The molecule has 0 aliphatic heterocycles. The highest BCUT2D eigenvalue weighted by molar-refractivity contribution is 7.27. The topological polar surface area (TPSA) is 51.6 Å². The van der Waals surface area contributed by atoms with Gasteiger partial charge in [-0.2, -0.15) is 0 Å². The summed E-state index contributed by atoms with van der Waals surface area (Å²) in [7, 11) is 0. The average molecular weight is 1300 g/mol. The SMILES string of the molecule is CC1(C)c2ccccc2-c2cccc(-c3nc(-c4ccccc4-c4cccc5ccccc45)cc(-c4ccc(-c5cc(-c6cc(-c7ccccc7-c7cccc8ccccc78)nc(-c7ccc8c(c7)sc7ccccc78)n6)c6sc7ccccc7c6c5)c5c4sc4ccccc45)n3)c21. The summed E-state index contributed by atoms with van der Waals surface area (Å²) in [6, 6.07) is 111. The van der Waals surface area contributed by atoms with Crippen molar-refractivity contribution in [3.8, 4) is 112 Å². The van der Waals surface area contributed by atoms with Gasteiger partial charge in [-0.25, -0.2) is 19.9 Å². The van der Waals surface area contributed by atoms with Gasteiger partial charge in [0.1, 0.15) is 0 Å². The summed E-state index contributed by atoms with van der Waals surface area (Å²) in [6.45, 7) is 4.70. The first kappa shape index (κ1) is 56.7. The predicted octanol–water partition coefficient (Wildman–Crippen LogP) is 26.0. The lowest BCUT2D eigenvalue weighted by atomic mass is 9.80. The summed E-state index contributed by atoms with van der Waals surface area (Å²) in [5, 5.41) is 12.1. The third-order valence-electron chi connectivity index (χ3n) is 20.3. The van der Waals surface area contributed by atoms with Crippen LogP contribution >= 0.6 is 34.0 Å². The first-order valence-electron chi connectivity index (χ1n) is 33.3. The zero-order valence-electron chi connectivity index (χ0n) is 53.4. The fraction of sp³-hybridized carbons (Fsp3) is 0.0330. The Hall–Kier alpha value is -11.6. The van der Waals surface area contributed by atoms with Crippen LogP contribution in [-0.2, 0) is 5.41 Å². The Kier molecular flexibility index (Phi) is 12.9. The molecule has 1 aliphatic rings. The molecule has 0 radical (unpaired) electrons. The lowest BCUT2D eigenvalue weighted by Crippen LogP contribution is -2.16. The van der Waals surface area contributed by atoms with Crippen LogP contribution in [0.4, 0.5) is 0 Å². The van der Waals surface area contributed by atoms with E-state index >= 15 is 0 Å². The van der Waals surface area contributed by atoms with Crippen LogP contribution < -0.4 is 0 Å². The standard InChI is InChI=1S/C91H56N4S3/c1-91(2)76-40-15-11-30-64(76)70-38-21-39-73(86(70)91)90-94-78(66-32-10-8-29-63(66)61-37-20-25-54-23-4-6-27-58(54)61)51-79(95-90)71-47-46-59(85-72-35-14-18-43-83(72)98-88(71)85)56-48-74-68-34-13-17-42-82(68)97-87(74)75(49-56)80-52-77(65-31-9-7-28-62(65)60-36-19-24-53-22-3-5-26-57(53)60)92-89(93-80)55-44-45-69-67-33-12-16-41-81(67)96-84(69)50-55/h3-52H,1-2H3. The quantitative estimate of drug-likeness (QED) is 0.145. The first-order valence-corrected chi connectivity index (χ1v) is 35.8. The van der Waals surface area contributed by atoms with E-state index in [0.717, 1.165) is 94.2 Å². The van der Waals surface area contributed by atoms with Crippen molar-refractivity contribution in [1.29, 1.82) is 0 Å². The second-order valence-corrected chi connectivity index (χ2v) is 29.4. The van der Waals surface area contributed by atoms with Crippen molar-refractivity contribution < 1.29 is 0 Å². The Morgan fingerprint density at radius 1 is 0.245 bits per heavy atom. The number of benzene rings is 14. The second-order valence-electron chi connectivity index (χ2n) is 26.2. The van der Waals surface area contributed by atoms with E-state index in [-0.39, 0.29) is 5.41 Å². The van der Waals surface area contributed by atoms with Crippen molar-refractivity contribution in [2.75, 3.05) is 0 Å². The van der Waals surface area contributed by atoms with Gasteiger partial charge in [0.2, 0.25) is 0 Å². The minimum absolute atomic E-state index is 0.304. The highest BCUT2D eigenvalue weighted by Gasteiger charge is 2.38. The molecule has 458 valence electrons. The molecule has 0 amide bonds. The van der Waals surface area contributed by atoms with Crippen LogP contribution in [0.5, 0.6) is 0 Å². The van der Waals surface area contributed by atoms with Crippen LogP contribution in [0.2, 0.25) is 0 Å². The van der Waals surface area contributed by atoms with E-state index in [1.165, 1.54) is 99.6 Å². The van der Waals surface area contributed by atoms with Gasteiger partial charge in [-0.05, 0) is 126 Å². The Morgan fingerprint density at radius 3 is 1.37 bits per heavy atom. The summed E-state index contributed by atoms with van der Waals surface area (Å²) in [4.78, 5) is 23.0. The molecule has 1 aliphatic carbocycles. The van der Waals surface area contributed by atoms with E-state index in [1.54, 1.807) is 0 Å². The van der Waals surface area contributed by atoms with Gasteiger partial charge in [0.15, 0.2) is 11.6 Å². The lowest BCUT2D eigenvalue weighted by molar-refractivity contribution is 0.661. The molecule has 20 rings (SSSR count). The van der Waals surface area contributed by atoms with Crippen LogP contribution in [0.1, 0.15) is 25.0 Å². The third kappa shape index (κ3) is 8.93. The van der Waals surface area contributed by atoms with Gasteiger partial charge < -0.3 is 0 Å². The Bertz CT molecular complexity index is 6550. The minimum Gasteiger partial charge on any atom is -0.228 e. The Labute approximate surface area is 577 Å². The number of hydrogen-bond acceptors (Lipinski definition) is 7. The van der Waals surface area contributed by atoms with Crippen molar-refractivity contribution in [2.24, 2.45) is 0 Å². The van der Waals surface area contributed by atoms with E-state index in [0.29, 0.717) is 11.6 Å². The van der Waals surface area contributed by atoms with Gasteiger partial charge in [0, 0.05) is 99.3 Å². The molecule has 98 heavy (non-hydrogen) atoms. The molecule has 0 bridgehead atoms. The predicted molar refractivity (Wildman–Crippen MR) is 418 cm³/mol. The van der Waals surface area contributed by atoms with Gasteiger partial charge in [-0.15, -0.1) is 34.0 Å². The van der Waals surface area contributed by atoms with Gasteiger partial charge >= 0.3 is 0 Å². The minimum atomic E-state index is -0.304. The van der Waals surface area contributed by atoms with Crippen LogP contribution in [0.3, 0.4) is 0 Å². The summed E-state index contributed by atoms with van der Waals surface area (Å²) in [5.41, 5.74) is 21.2. The van der Waals surface area contributed by atoms with E-state index in [9.17, 15) is 0 Å². The van der Waals surface area contributed by atoms with Crippen molar-refractivity contribution >= 4 is 116 Å². The number of rotatable bonds is 9. The lowest BCUT2D eigenvalue weighted by Gasteiger charge is -2.24. The number of hydrogen-bond donors (Lipinski definition) is 0. The summed E-state index contributed by atoms with van der Waals surface area (Å²) < 4.78 is 7.25. The normalized spacial score (nSPS) is 12.7. The van der Waals surface area contributed by atoms with Crippen molar-refractivity contribution in [3.63, 3.8) is 0 Å². The zero-order valence-corrected chi connectivity index (χ0v) is 55.8. The smallest absolute Gasteiger partial charge is 0.160 e. The number of thiophene rings is 3. The molecule has 0 atom stereocenters. The molecule has 5 aromatic heterocycles. The molecule has 14 aromatic carbocycles. The fourth-order valence-electron chi connectivity index (χ4n) is 15.8. The molecule has 4 nitrogen and oxygen atoms in total. The monoisotopic (exact) mass is 1300 g/mol. The fourth-order valence-corrected chi connectivity index (χ4v) is 19.4. The highest BCUT2D eigenvalue weighted by atomic mass is 32.1. The molecule has 19 aromatic rings. The van der Waals surface area contributed by atoms with Gasteiger partial charge in [-0.1, -0.05) is 269 Å². The summed E-state index contributed by atoms with van der Waals surface area (Å²) >= 11 is 5.49. The van der Waals surface area contributed by atoms with Gasteiger partial charge in [0.25, 0.3) is 0 Å². The molecule has 0 unspecified atom stereocenters. The van der Waals surface area contributed by atoms with Gasteiger partial charge in [0.05, 0.1) is 22.8 Å². The molecule has 0 N–H and O–H groups in total. The van der Waals surface area contributed by atoms with Crippen LogP contribution in [0.15, 0.2) is 303 Å². The van der Waals surface area contributed by atoms with Crippen LogP contribution in [-0.4, -0.2) is 19.9 Å². The number of fused-ring (bicyclic) bond motifs is 14. The van der Waals surface area contributed by atoms with Crippen LogP contribution in [0, 0.1) is 0 Å². The Balaban J connectivity index is 0.824.